The topological polar surface area (TPSA) is 46.2 Å². The Balaban J connectivity index is 2.20. The third-order valence-electron chi connectivity index (χ3n) is 3.07. The SMILES string of the molecule is C[C@@H](NS(=O)(=O)c1ccc(CBr)cc1)c1cccc(Br)c1. The molecule has 2 aromatic rings. The molecule has 0 amide bonds. The zero-order valence-corrected chi connectivity index (χ0v) is 15.4. The summed E-state index contributed by atoms with van der Waals surface area (Å²) in [6.45, 7) is 1.83. The highest BCUT2D eigenvalue weighted by atomic mass is 79.9. The van der Waals surface area contributed by atoms with Gasteiger partial charge in [-0.2, -0.15) is 0 Å². The van der Waals surface area contributed by atoms with Gasteiger partial charge in [0.15, 0.2) is 0 Å². The largest absolute Gasteiger partial charge is 0.241 e. The Morgan fingerprint density at radius 2 is 1.81 bits per heavy atom. The van der Waals surface area contributed by atoms with Gasteiger partial charge in [0, 0.05) is 15.8 Å². The average Bonchev–Trinajstić information content (AvgIpc) is 2.47. The fourth-order valence-corrected chi connectivity index (χ4v) is 3.93. The summed E-state index contributed by atoms with van der Waals surface area (Å²) in [7, 11) is -3.53. The Labute approximate surface area is 142 Å². The lowest BCUT2D eigenvalue weighted by atomic mass is 10.1. The molecule has 3 nitrogen and oxygen atoms in total. The van der Waals surface area contributed by atoms with Gasteiger partial charge >= 0.3 is 0 Å². The summed E-state index contributed by atoms with van der Waals surface area (Å²) < 4.78 is 28.3. The normalized spacial score (nSPS) is 13.1. The summed E-state index contributed by atoms with van der Waals surface area (Å²) in [5, 5.41) is 0.704. The third-order valence-corrected chi connectivity index (χ3v) is 5.77. The van der Waals surface area contributed by atoms with E-state index in [0.29, 0.717) is 5.33 Å². The number of benzene rings is 2. The Morgan fingerprint density at radius 3 is 2.38 bits per heavy atom. The standard InChI is InChI=1S/C15H15Br2NO2S/c1-11(13-3-2-4-14(17)9-13)18-21(19,20)15-7-5-12(10-16)6-8-15/h2-9,11,18H,10H2,1H3/t11-/m1/s1. The van der Waals surface area contributed by atoms with Crippen molar-refractivity contribution in [3.8, 4) is 0 Å². The van der Waals surface area contributed by atoms with Gasteiger partial charge in [0.2, 0.25) is 10.0 Å². The number of rotatable bonds is 5. The molecular weight excluding hydrogens is 418 g/mol. The molecule has 0 saturated carbocycles. The molecule has 0 heterocycles. The maximum Gasteiger partial charge on any atom is 0.241 e. The van der Waals surface area contributed by atoms with Crippen LogP contribution in [0.1, 0.15) is 24.1 Å². The van der Waals surface area contributed by atoms with Crippen LogP contribution in [-0.2, 0) is 15.4 Å². The fourth-order valence-electron chi connectivity index (χ4n) is 1.90. The number of hydrogen-bond acceptors (Lipinski definition) is 2. The molecule has 2 rings (SSSR count). The lowest BCUT2D eigenvalue weighted by Crippen LogP contribution is -2.26. The lowest BCUT2D eigenvalue weighted by Gasteiger charge is -2.15. The van der Waals surface area contributed by atoms with Crippen LogP contribution in [0.4, 0.5) is 0 Å². The van der Waals surface area contributed by atoms with Gasteiger partial charge in [-0.25, -0.2) is 13.1 Å². The summed E-state index contributed by atoms with van der Waals surface area (Å²) in [6.07, 6.45) is 0. The molecule has 0 aliphatic carbocycles. The van der Waals surface area contributed by atoms with Crippen molar-refractivity contribution in [2.24, 2.45) is 0 Å². The van der Waals surface area contributed by atoms with Crippen molar-refractivity contribution in [3.05, 3.63) is 64.1 Å². The van der Waals surface area contributed by atoms with E-state index in [1.807, 2.05) is 31.2 Å². The maximum atomic E-state index is 12.4. The Morgan fingerprint density at radius 1 is 1.14 bits per heavy atom. The summed E-state index contributed by atoms with van der Waals surface area (Å²) in [5.74, 6) is 0. The second-order valence-corrected chi connectivity index (χ2v) is 7.87. The zero-order valence-electron chi connectivity index (χ0n) is 11.4. The minimum Gasteiger partial charge on any atom is -0.207 e. The van der Waals surface area contributed by atoms with Crippen LogP contribution >= 0.6 is 31.9 Å². The predicted octanol–water partition coefficient (Wildman–Crippen LogP) is 4.38. The first-order valence-corrected chi connectivity index (χ1v) is 9.75. The van der Waals surface area contributed by atoms with Crippen LogP contribution in [0.5, 0.6) is 0 Å². The van der Waals surface area contributed by atoms with Gasteiger partial charge in [0.05, 0.1) is 4.90 Å². The van der Waals surface area contributed by atoms with Gasteiger partial charge in [-0.05, 0) is 42.3 Å². The molecule has 0 fully saturated rings. The molecule has 0 unspecified atom stereocenters. The van der Waals surface area contributed by atoms with Crippen molar-refractivity contribution in [2.45, 2.75) is 23.2 Å². The Hall–Kier alpha value is -0.690. The molecule has 21 heavy (non-hydrogen) atoms. The molecule has 0 spiro atoms. The van der Waals surface area contributed by atoms with E-state index >= 15 is 0 Å². The number of alkyl halides is 1. The van der Waals surface area contributed by atoms with Crippen LogP contribution in [0.25, 0.3) is 0 Å². The van der Waals surface area contributed by atoms with Crippen molar-refractivity contribution >= 4 is 41.9 Å². The van der Waals surface area contributed by atoms with Crippen LogP contribution in [0.15, 0.2) is 57.9 Å². The minimum absolute atomic E-state index is 0.272. The smallest absolute Gasteiger partial charge is 0.207 e. The summed E-state index contributed by atoms with van der Waals surface area (Å²) in [5.41, 5.74) is 1.94. The molecule has 0 aromatic heterocycles. The van der Waals surface area contributed by atoms with Crippen molar-refractivity contribution in [2.75, 3.05) is 0 Å². The lowest BCUT2D eigenvalue weighted by molar-refractivity contribution is 0.567. The second-order valence-electron chi connectivity index (χ2n) is 4.68. The van der Waals surface area contributed by atoms with Gasteiger partial charge < -0.3 is 0 Å². The highest BCUT2D eigenvalue weighted by Gasteiger charge is 2.18. The monoisotopic (exact) mass is 431 g/mol. The van der Waals surface area contributed by atoms with E-state index in [2.05, 4.69) is 36.6 Å². The molecule has 0 radical (unpaired) electrons. The number of sulfonamides is 1. The second kappa shape index (κ2) is 7.05. The van der Waals surface area contributed by atoms with Crippen LogP contribution in [0, 0.1) is 0 Å². The van der Waals surface area contributed by atoms with Crippen molar-refractivity contribution in [3.63, 3.8) is 0 Å². The first-order chi connectivity index (χ1) is 9.92. The molecule has 0 aliphatic heterocycles. The van der Waals surface area contributed by atoms with E-state index in [1.165, 1.54) is 0 Å². The first-order valence-electron chi connectivity index (χ1n) is 6.35. The highest BCUT2D eigenvalue weighted by Crippen LogP contribution is 2.20. The fraction of sp³-hybridized carbons (Fsp3) is 0.200. The van der Waals surface area contributed by atoms with Crippen LogP contribution in [0.3, 0.4) is 0 Å². The molecule has 2 aromatic carbocycles. The van der Waals surface area contributed by atoms with Gasteiger partial charge in [-0.15, -0.1) is 0 Å². The summed E-state index contributed by atoms with van der Waals surface area (Å²) in [4.78, 5) is 0.272. The number of nitrogens with one attached hydrogen (secondary N) is 1. The number of halogens is 2. The zero-order chi connectivity index (χ0) is 15.5. The molecule has 0 aliphatic rings. The van der Waals surface area contributed by atoms with Gasteiger partial charge in [0.25, 0.3) is 0 Å². The van der Waals surface area contributed by atoms with E-state index < -0.39 is 10.0 Å². The van der Waals surface area contributed by atoms with Crippen LogP contribution in [0.2, 0.25) is 0 Å². The van der Waals surface area contributed by atoms with Crippen LogP contribution in [-0.4, -0.2) is 8.42 Å². The predicted molar refractivity (Wildman–Crippen MR) is 92.0 cm³/mol. The Kier molecular flexibility index (Phi) is 5.60. The molecule has 112 valence electrons. The maximum absolute atomic E-state index is 12.4. The molecule has 0 bridgehead atoms. The molecule has 1 N–H and O–H groups in total. The van der Waals surface area contributed by atoms with Gasteiger partial charge in [-0.3, -0.25) is 0 Å². The highest BCUT2D eigenvalue weighted by molar-refractivity contribution is 9.10. The van der Waals surface area contributed by atoms with Crippen molar-refractivity contribution in [1.82, 2.24) is 4.72 Å². The van der Waals surface area contributed by atoms with Gasteiger partial charge in [0.1, 0.15) is 0 Å². The molecule has 0 saturated heterocycles. The van der Waals surface area contributed by atoms with E-state index in [-0.39, 0.29) is 10.9 Å². The molecule has 1 atom stereocenters. The number of hydrogen-bond donors (Lipinski definition) is 1. The van der Waals surface area contributed by atoms with E-state index in [9.17, 15) is 8.42 Å². The van der Waals surface area contributed by atoms with Crippen LogP contribution < -0.4 is 4.72 Å². The van der Waals surface area contributed by atoms with E-state index in [0.717, 1.165) is 15.6 Å². The molecular formula is C15H15Br2NO2S. The van der Waals surface area contributed by atoms with Crippen molar-refractivity contribution < 1.29 is 8.42 Å². The molecule has 6 heteroatoms. The summed E-state index contributed by atoms with van der Waals surface area (Å²) >= 11 is 6.73. The third kappa shape index (κ3) is 4.39. The Bertz CT molecular complexity index is 715. The quantitative estimate of drug-likeness (QED) is 0.712. The van der Waals surface area contributed by atoms with Gasteiger partial charge in [-0.1, -0.05) is 56.1 Å². The van der Waals surface area contributed by atoms with E-state index in [4.69, 9.17) is 0 Å². The minimum atomic E-state index is -3.53. The summed E-state index contributed by atoms with van der Waals surface area (Å²) in [6, 6.07) is 14.1. The average molecular weight is 433 g/mol. The first kappa shape index (κ1) is 16.7. The van der Waals surface area contributed by atoms with E-state index in [1.54, 1.807) is 24.3 Å². The van der Waals surface area contributed by atoms with Crippen molar-refractivity contribution in [1.29, 1.82) is 0 Å².